The molecule has 0 amide bonds. The fourth-order valence-corrected chi connectivity index (χ4v) is 14.6. The molecule has 0 heterocycles. The van der Waals surface area contributed by atoms with Crippen LogP contribution in [-0.2, 0) is 0 Å². The Morgan fingerprint density at radius 1 is 0.474 bits per heavy atom. The Bertz CT molecular complexity index is 1090. The standard InChI is InChI=1S/C34H52O2S2/c1-23(2)37(24(3)4,25(5)6)17-15-29-19-31-20-30(34(36-14)22-32(31)21-33(29)35-13)16-18-38(26(7)8,27(9)10)28(11)12/h19-28H,1-14H3. The summed E-state index contributed by atoms with van der Waals surface area (Å²) in [5.74, 6) is 8.79. The summed E-state index contributed by atoms with van der Waals surface area (Å²) in [5, 5.41) is 13.0. The van der Waals surface area contributed by atoms with Crippen LogP contribution < -0.4 is 9.47 Å². The topological polar surface area (TPSA) is 18.5 Å². The minimum atomic E-state index is -1.15. The normalized spacial score (nSPS) is 13.3. The Balaban J connectivity index is 2.80. The molecule has 2 aromatic rings. The van der Waals surface area contributed by atoms with Crippen LogP contribution in [0.5, 0.6) is 11.5 Å². The minimum Gasteiger partial charge on any atom is -0.495 e. The van der Waals surface area contributed by atoms with Gasteiger partial charge in [-0.1, -0.05) is 94.9 Å². The molecule has 2 nitrogen and oxygen atoms in total. The van der Waals surface area contributed by atoms with E-state index in [1.807, 2.05) is 0 Å². The summed E-state index contributed by atoms with van der Waals surface area (Å²) in [5.41, 5.74) is 1.88. The number of fused-ring (bicyclic) bond motifs is 1. The summed E-state index contributed by atoms with van der Waals surface area (Å²) in [6.45, 7) is 27.9. The monoisotopic (exact) mass is 556 g/mol. The predicted molar refractivity (Wildman–Crippen MR) is 177 cm³/mol. The lowest BCUT2D eigenvalue weighted by molar-refractivity contribution is 0.412. The SMILES string of the molecule is COc1cc2cc(OC)c(C#CS(C(C)C)(C(C)C)C(C)C)cc2cc1C#CS(C(C)C)(C(C)C)C(C)C. The Hall–Kier alpha value is -1.88. The molecule has 0 fully saturated rings. The highest BCUT2D eigenvalue weighted by Crippen LogP contribution is 2.60. The van der Waals surface area contributed by atoms with Gasteiger partial charge in [-0.05, 0) is 77.0 Å². The molecule has 4 heteroatoms. The number of hydrogen-bond donors (Lipinski definition) is 0. The fraction of sp³-hybridized carbons (Fsp3) is 0.588. The summed E-state index contributed by atoms with van der Waals surface area (Å²) in [7, 11) is 1.16. The number of methoxy groups -OCH3 is 2. The molecule has 0 aliphatic carbocycles. The van der Waals surface area contributed by atoms with Gasteiger partial charge in [0.25, 0.3) is 0 Å². The molecule has 0 aliphatic rings. The zero-order valence-corrected chi connectivity index (χ0v) is 28.0. The zero-order chi connectivity index (χ0) is 29.0. The van der Waals surface area contributed by atoms with Crippen LogP contribution in [0.1, 0.15) is 94.2 Å². The van der Waals surface area contributed by atoms with Gasteiger partial charge >= 0.3 is 0 Å². The Labute approximate surface area is 237 Å². The lowest BCUT2D eigenvalue weighted by atomic mass is 10.0. The van der Waals surface area contributed by atoms with Gasteiger partial charge in [0, 0.05) is 0 Å². The van der Waals surface area contributed by atoms with E-state index in [1.54, 1.807) is 14.2 Å². The highest BCUT2D eigenvalue weighted by molar-refractivity contribution is 8.39. The van der Waals surface area contributed by atoms with E-state index >= 15 is 0 Å². The first kappa shape index (κ1) is 32.3. The molecule has 38 heavy (non-hydrogen) atoms. The van der Waals surface area contributed by atoms with Gasteiger partial charge < -0.3 is 9.47 Å². The molecule has 0 aliphatic heterocycles. The highest BCUT2D eigenvalue weighted by Gasteiger charge is 2.34. The van der Waals surface area contributed by atoms with Crippen LogP contribution in [0.2, 0.25) is 0 Å². The second-order valence-corrected chi connectivity index (χ2v) is 20.8. The van der Waals surface area contributed by atoms with Crippen LogP contribution in [0.15, 0.2) is 24.3 Å². The van der Waals surface area contributed by atoms with Gasteiger partial charge in [0.15, 0.2) is 0 Å². The van der Waals surface area contributed by atoms with Crippen molar-refractivity contribution in [3.05, 3.63) is 35.4 Å². The van der Waals surface area contributed by atoms with Gasteiger partial charge in [-0.3, -0.25) is 0 Å². The van der Waals surface area contributed by atoms with Crippen LogP contribution in [0.3, 0.4) is 0 Å². The average molecular weight is 557 g/mol. The van der Waals surface area contributed by atoms with E-state index in [-0.39, 0.29) is 0 Å². The van der Waals surface area contributed by atoms with E-state index in [4.69, 9.17) is 9.47 Å². The number of rotatable bonds is 8. The van der Waals surface area contributed by atoms with Crippen LogP contribution in [0.25, 0.3) is 10.8 Å². The van der Waals surface area contributed by atoms with Gasteiger partial charge in [0.05, 0.1) is 25.3 Å². The van der Waals surface area contributed by atoms with Gasteiger partial charge in [-0.15, -0.1) is 0 Å². The zero-order valence-electron chi connectivity index (χ0n) is 26.4. The maximum absolute atomic E-state index is 5.82. The van der Waals surface area contributed by atoms with Crippen molar-refractivity contribution < 1.29 is 9.47 Å². The third-order valence-corrected chi connectivity index (χ3v) is 18.2. The maximum atomic E-state index is 5.82. The van der Waals surface area contributed by atoms with E-state index in [0.29, 0.717) is 31.5 Å². The summed E-state index contributed by atoms with van der Waals surface area (Å²) < 4.78 is 11.6. The molecule has 0 unspecified atom stereocenters. The molecule has 212 valence electrons. The van der Waals surface area contributed by atoms with Crippen molar-refractivity contribution in [2.45, 2.75) is 115 Å². The van der Waals surface area contributed by atoms with Gasteiger partial charge in [0.1, 0.15) is 11.5 Å². The molecule has 0 aromatic heterocycles. The molecule has 0 bridgehead atoms. The maximum Gasteiger partial charge on any atom is 0.135 e. The van der Waals surface area contributed by atoms with Crippen LogP contribution >= 0.6 is 20.1 Å². The van der Waals surface area contributed by atoms with E-state index in [2.05, 4.69) is 130 Å². The Morgan fingerprint density at radius 2 is 0.737 bits per heavy atom. The summed E-state index contributed by atoms with van der Waals surface area (Å²) >= 11 is 0. The average Bonchev–Trinajstić information content (AvgIpc) is 2.82. The van der Waals surface area contributed by atoms with E-state index < -0.39 is 20.1 Å². The van der Waals surface area contributed by atoms with Crippen molar-refractivity contribution in [1.82, 2.24) is 0 Å². The van der Waals surface area contributed by atoms with Crippen molar-refractivity contribution in [1.29, 1.82) is 0 Å². The highest BCUT2D eigenvalue weighted by atomic mass is 32.3. The molecule has 0 radical (unpaired) electrons. The molecule has 2 rings (SSSR count). The molecular weight excluding hydrogens is 505 g/mol. The predicted octanol–water partition coefficient (Wildman–Crippen LogP) is 9.53. The molecule has 0 saturated heterocycles. The van der Waals surface area contributed by atoms with Gasteiger partial charge in [-0.2, -0.15) is 20.1 Å². The first-order valence-corrected chi connectivity index (χ1v) is 17.7. The van der Waals surface area contributed by atoms with Crippen molar-refractivity contribution in [3.8, 4) is 33.8 Å². The molecule has 0 saturated carbocycles. The largest absolute Gasteiger partial charge is 0.495 e. The van der Waals surface area contributed by atoms with Crippen LogP contribution in [0.4, 0.5) is 0 Å². The second-order valence-electron chi connectivity index (χ2n) is 11.7. The Kier molecular flexibility index (Phi) is 11.0. The second kappa shape index (κ2) is 13.0. The van der Waals surface area contributed by atoms with Crippen molar-refractivity contribution in [2.75, 3.05) is 14.2 Å². The number of benzene rings is 2. The molecule has 0 spiro atoms. The number of ether oxygens (including phenoxy) is 2. The lowest BCUT2D eigenvalue weighted by Gasteiger charge is -2.46. The van der Waals surface area contributed by atoms with Crippen molar-refractivity contribution in [2.24, 2.45) is 0 Å². The lowest BCUT2D eigenvalue weighted by Crippen LogP contribution is -2.27. The molecule has 0 N–H and O–H groups in total. The third-order valence-electron chi connectivity index (χ3n) is 7.88. The van der Waals surface area contributed by atoms with Gasteiger partial charge in [-0.25, -0.2) is 0 Å². The fourth-order valence-electron chi connectivity index (χ4n) is 6.10. The molecular formula is C34H52O2S2. The van der Waals surface area contributed by atoms with Crippen molar-refractivity contribution in [3.63, 3.8) is 0 Å². The van der Waals surface area contributed by atoms with Crippen molar-refractivity contribution >= 4 is 30.8 Å². The summed E-state index contributed by atoms with van der Waals surface area (Å²) in [6.07, 6.45) is 0. The Morgan fingerprint density at radius 3 is 0.974 bits per heavy atom. The third kappa shape index (κ3) is 6.13. The summed E-state index contributed by atoms with van der Waals surface area (Å²) in [6, 6.07) is 8.51. The van der Waals surface area contributed by atoms with Crippen LogP contribution in [-0.4, -0.2) is 45.7 Å². The first-order valence-electron chi connectivity index (χ1n) is 14.0. The van der Waals surface area contributed by atoms with Gasteiger partial charge in [0.2, 0.25) is 0 Å². The first-order chi connectivity index (χ1) is 17.7. The van der Waals surface area contributed by atoms with E-state index in [1.165, 1.54) is 0 Å². The van der Waals surface area contributed by atoms with Crippen LogP contribution in [0, 0.1) is 22.3 Å². The molecule has 0 atom stereocenters. The molecule has 2 aromatic carbocycles. The number of hydrogen-bond acceptors (Lipinski definition) is 2. The summed E-state index contributed by atoms with van der Waals surface area (Å²) in [4.78, 5) is 0. The van der Waals surface area contributed by atoms with E-state index in [9.17, 15) is 0 Å². The van der Waals surface area contributed by atoms with E-state index in [0.717, 1.165) is 33.4 Å². The minimum absolute atomic E-state index is 0.526. The quantitative estimate of drug-likeness (QED) is 0.301. The smallest absolute Gasteiger partial charge is 0.135 e.